The molecule has 2 heterocycles. The van der Waals surface area contributed by atoms with Crippen molar-refractivity contribution in [2.45, 2.75) is 4.90 Å². The molecule has 0 atom stereocenters. The molecular weight excluding hydrogens is 482 g/mol. The van der Waals surface area contributed by atoms with Gasteiger partial charge in [0.15, 0.2) is 6.61 Å². The average Bonchev–Trinajstić information content (AvgIpc) is 2.88. The molecule has 2 aliphatic rings. The quantitative estimate of drug-likeness (QED) is 0.564. The van der Waals surface area contributed by atoms with Gasteiger partial charge in [-0.2, -0.15) is 4.31 Å². The Hall–Kier alpha value is -2.53. The highest BCUT2D eigenvalue weighted by atomic mass is 35.5. The Morgan fingerprint density at radius 3 is 2.38 bits per heavy atom. The Kier molecular flexibility index (Phi) is 7.82. The summed E-state index contributed by atoms with van der Waals surface area (Å²) in [6.45, 7) is 3.64. The van der Waals surface area contributed by atoms with E-state index < -0.39 is 10.0 Å². The average molecular weight is 510 g/mol. The molecule has 0 radical (unpaired) electrons. The zero-order chi connectivity index (χ0) is 24.1. The van der Waals surface area contributed by atoms with Crippen LogP contribution in [0.15, 0.2) is 47.4 Å². The lowest BCUT2D eigenvalue weighted by molar-refractivity contribution is -0.133. The predicted molar refractivity (Wildman–Crippen MR) is 128 cm³/mol. The molecule has 2 aromatic rings. The van der Waals surface area contributed by atoms with Gasteiger partial charge in [0, 0.05) is 39.3 Å². The minimum atomic E-state index is -3.66. The monoisotopic (exact) mass is 509 g/mol. The van der Waals surface area contributed by atoms with Crippen LogP contribution in [0.2, 0.25) is 5.02 Å². The summed E-state index contributed by atoms with van der Waals surface area (Å²) in [7, 11) is -2.01. The third kappa shape index (κ3) is 5.41. The maximum atomic E-state index is 12.8. The first kappa shape index (κ1) is 24.6. The van der Waals surface area contributed by atoms with E-state index in [4.69, 9.17) is 25.8 Å². The zero-order valence-electron chi connectivity index (χ0n) is 19.0. The highest BCUT2D eigenvalue weighted by Crippen LogP contribution is 2.30. The van der Waals surface area contributed by atoms with Crippen molar-refractivity contribution in [1.82, 2.24) is 9.21 Å². The summed E-state index contributed by atoms with van der Waals surface area (Å²) >= 11 is 6.28. The molecule has 2 fully saturated rings. The van der Waals surface area contributed by atoms with Crippen LogP contribution in [-0.4, -0.2) is 89.7 Å². The van der Waals surface area contributed by atoms with E-state index in [2.05, 4.69) is 4.90 Å². The first-order chi connectivity index (χ1) is 16.4. The Balaban J connectivity index is 1.32. The number of benzene rings is 2. The van der Waals surface area contributed by atoms with Crippen LogP contribution >= 0.6 is 11.6 Å². The van der Waals surface area contributed by atoms with Gasteiger partial charge < -0.3 is 24.0 Å². The molecule has 34 heavy (non-hydrogen) atoms. The van der Waals surface area contributed by atoms with Gasteiger partial charge in [-0.25, -0.2) is 8.42 Å². The number of carbonyl (C=O) groups excluding carboxylic acids is 1. The maximum absolute atomic E-state index is 12.8. The Bertz CT molecular complexity index is 1120. The molecule has 184 valence electrons. The van der Waals surface area contributed by atoms with Gasteiger partial charge in [0.1, 0.15) is 11.5 Å². The second-order valence-corrected chi connectivity index (χ2v) is 10.3. The molecule has 2 aromatic carbocycles. The highest BCUT2D eigenvalue weighted by Gasteiger charge is 2.27. The van der Waals surface area contributed by atoms with E-state index in [0.29, 0.717) is 52.5 Å². The molecule has 4 rings (SSSR count). The topological polar surface area (TPSA) is 88.6 Å². The van der Waals surface area contributed by atoms with Crippen LogP contribution in [0.4, 0.5) is 5.69 Å². The highest BCUT2D eigenvalue weighted by molar-refractivity contribution is 7.89. The molecule has 0 bridgehead atoms. The summed E-state index contributed by atoms with van der Waals surface area (Å²) < 4.78 is 43.2. The molecule has 0 aliphatic carbocycles. The van der Waals surface area contributed by atoms with E-state index in [1.807, 2.05) is 24.3 Å². The van der Waals surface area contributed by atoms with E-state index >= 15 is 0 Å². The largest absolute Gasteiger partial charge is 0.495 e. The van der Waals surface area contributed by atoms with Crippen molar-refractivity contribution >= 4 is 33.2 Å². The zero-order valence-corrected chi connectivity index (χ0v) is 20.6. The molecule has 0 saturated carbocycles. The molecule has 2 aliphatic heterocycles. The van der Waals surface area contributed by atoms with E-state index in [9.17, 15) is 13.2 Å². The summed E-state index contributed by atoms with van der Waals surface area (Å²) in [6, 6.07) is 12.1. The number of sulfonamides is 1. The summed E-state index contributed by atoms with van der Waals surface area (Å²) in [4.78, 5) is 16.7. The number of anilines is 1. The summed E-state index contributed by atoms with van der Waals surface area (Å²) in [5.74, 6) is 0.920. The van der Waals surface area contributed by atoms with Gasteiger partial charge in [-0.05, 0) is 30.3 Å². The molecule has 11 heteroatoms. The number of piperazine rings is 1. The van der Waals surface area contributed by atoms with Gasteiger partial charge in [-0.1, -0.05) is 23.7 Å². The first-order valence-corrected chi connectivity index (χ1v) is 12.9. The van der Waals surface area contributed by atoms with Gasteiger partial charge >= 0.3 is 0 Å². The maximum Gasteiger partial charge on any atom is 0.260 e. The van der Waals surface area contributed by atoms with Crippen LogP contribution in [0.3, 0.4) is 0 Å². The van der Waals surface area contributed by atoms with Crippen LogP contribution in [0.25, 0.3) is 0 Å². The normalized spacial score (nSPS) is 17.5. The number of hydrogen-bond acceptors (Lipinski definition) is 7. The van der Waals surface area contributed by atoms with Gasteiger partial charge in [0.2, 0.25) is 10.0 Å². The Morgan fingerprint density at radius 1 is 1.00 bits per heavy atom. The molecular formula is C23H28ClN3O6S. The molecule has 0 N–H and O–H groups in total. The third-order valence-electron chi connectivity index (χ3n) is 5.92. The number of amides is 1. The van der Waals surface area contributed by atoms with Crippen LogP contribution in [0.5, 0.6) is 11.5 Å². The van der Waals surface area contributed by atoms with Crippen LogP contribution in [-0.2, 0) is 19.6 Å². The van der Waals surface area contributed by atoms with Gasteiger partial charge in [-0.3, -0.25) is 4.79 Å². The van der Waals surface area contributed by atoms with Crippen molar-refractivity contribution in [3.63, 3.8) is 0 Å². The van der Waals surface area contributed by atoms with E-state index in [1.165, 1.54) is 22.5 Å². The lowest BCUT2D eigenvalue weighted by Crippen LogP contribution is -2.50. The second kappa shape index (κ2) is 10.8. The van der Waals surface area contributed by atoms with Crippen molar-refractivity contribution < 1.29 is 27.4 Å². The molecule has 0 unspecified atom stereocenters. The van der Waals surface area contributed by atoms with Crippen molar-refractivity contribution in [2.75, 3.05) is 71.1 Å². The lowest BCUT2D eigenvalue weighted by atomic mass is 10.2. The fraction of sp³-hybridized carbons (Fsp3) is 0.435. The fourth-order valence-corrected chi connectivity index (χ4v) is 5.75. The Morgan fingerprint density at radius 2 is 1.71 bits per heavy atom. The van der Waals surface area contributed by atoms with Crippen LogP contribution in [0.1, 0.15) is 0 Å². The van der Waals surface area contributed by atoms with E-state index in [-0.39, 0.29) is 28.2 Å². The smallest absolute Gasteiger partial charge is 0.260 e. The van der Waals surface area contributed by atoms with Crippen molar-refractivity contribution in [2.24, 2.45) is 0 Å². The van der Waals surface area contributed by atoms with Crippen LogP contribution in [0, 0.1) is 0 Å². The summed E-state index contributed by atoms with van der Waals surface area (Å²) in [6.07, 6.45) is 0. The number of morpholine rings is 1. The minimum Gasteiger partial charge on any atom is -0.495 e. The molecule has 0 aromatic heterocycles. The molecule has 2 saturated heterocycles. The number of halogens is 1. The number of ether oxygens (including phenoxy) is 3. The molecule has 9 nitrogen and oxygen atoms in total. The fourth-order valence-electron chi connectivity index (χ4n) is 4.01. The SMILES string of the molecule is COc1ccccc1N1CCN(C(=O)COc2ccc(S(=O)(=O)N3CCOCC3)cc2Cl)CC1. The first-order valence-electron chi connectivity index (χ1n) is 11.1. The van der Waals surface area contributed by atoms with E-state index in [0.717, 1.165) is 11.4 Å². The molecule has 1 amide bonds. The number of rotatable bonds is 7. The second-order valence-electron chi connectivity index (χ2n) is 7.94. The predicted octanol–water partition coefficient (Wildman–Crippen LogP) is 2.10. The molecule has 0 spiro atoms. The minimum absolute atomic E-state index is 0.0885. The van der Waals surface area contributed by atoms with Crippen molar-refractivity contribution in [1.29, 1.82) is 0 Å². The van der Waals surface area contributed by atoms with Crippen molar-refractivity contribution in [3.05, 3.63) is 47.5 Å². The van der Waals surface area contributed by atoms with Gasteiger partial charge in [-0.15, -0.1) is 0 Å². The number of carbonyl (C=O) groups is 1. The van der Waals surface area contributed by atoms with Crippen molar-refractivity contribution in [3.8, 4) is 11.5 Å². The van der Waals surface area contributed by atoms with Crippen LogP contribution < -0.4 is 14.4 Å². The number of para-hydroxylation sites is 2. The third-order valence-corrected chi connectivity index (χ3v) is 8.11. The number of hydrogen-bond donors (Lipinski definition) is 0. The van der Waals surface area contributed by atoms with Gasteiger partial charge in [0.05, 0.1) is 35.9 Å². The number of methoxy groups -OCH3 is 1. The Labute approximate surface area is 204 Å². The summed E-state index contributed by atoms with van der Waals surface area (Å²) in [5, 5.41) is 0.142. The van der Waals surface area contributed by atoms with E-state index in [1.54, 1.807) is 12.0 Å². The van der Waals surface area contributed by atoms with Gasteiger partial charge in [0.25, 0.3) is 5.91 Å². The lowest BCUT2D eigenvalue weighted by Gasteiger charge is -2.36. The standard InChI is InChI=1S/C23H28ClN3O6S/c1-31-22-5-3-2-4-20(22)25-8-10-26(11-9-25)23(28)17-33-21-7-6-18(16-19(21)24)34(29,30)27-12-14-32-15-13-27/h2-7,16H,8-15,17H2,1H3. The number of nitrogens with zero attached hydrogens (tertiary/aromatic N) is 3. The summed E-state index contributed by atoms with van der Waals surface area (Å²) in [5.41, 5.74) is 1.01.